The minimum absolute atomic E-state index is 0.153. The van der Waals surface area contributed by atoms with E-state index in [2.05, 4.69) is 10.3 Å². The summed E-state index contributed by atoms with van der Waals surface area (Å²) in [6.45, 7) is -0.153. The summed E-state index contributed by atoms with van der Waals surface area (Å²) in [4.78, 5) is 16.1. The minimum Gasteiger partial charge on any atom is -0.484 e. The summed E-state index contributed by atoms with van der Waals surface area (Å²) in [5, 5.41) is 2.79. The van der Waals surface area contributed by atoms with Gasteiger partial charge in [-0.25, -0.2) is 8.42 Å². The van der Waals surface area contributed by atoms with Crippen molar-refractivity contribution >= 4 is 27.3 Å². The van der Waals surface area contributed by atoms with Crippen molar-refractivity contribution in [2.24, 2.45) is 0 Å². The van der Waals surface area contributed by atoms with Crippen LogP contribution in [0.4, 0.5) is 11.4 Å². The topological polar surface area (TPSA) is 88.6 Å². The van der Waals surface area contributed by atoms with Gasteiger partial charge in [-0.1, -0.05) is 12.1 Å². The first-order chi connectivity index (χ1) is 14.3. The summed E-state index contributed by atoms with van der Waals surface area (Å²) in [6, 6.07) is 18.1. The van der Waals surface area contributed by atoms with Gasteiger partial charge < -0.3 is 10.1 Å². The second-order valence-corrected chi connectivity index (χ2v) is 8.80. The number of benzene rings is 2. The quantitative estimate of drug-likeness (QED) is 0.599. The van der Waals surface area contributed by atoms with E-state index in [0.717, 1.165) is 18.2 Å². The standard InChI is InChI=1S/C22H23N3O4S/c1-25(30(2,27)28)20-7-9-21(10-8-20)29-16-22(26)24-19-5-3-17(4-6-19)15-18-11-13-23-14-12-18/h3-14H,15-16H2,1-2H3,(H,24,26). The fourth-order valence-corrected chi connectivity index (χ4v) is 3.24. The molecule has 0 spiro atoms. The van der Waals surface area contributed by atoms with Crippen LogP contribution in [0.3, 0.4) is 0 Å². The molecule has 1 aromatic heterocycles. The number of pyridine rings is 1. The Bertz CT molecular complexity index is 1080. The van der Waals surface area contributed by atoms with Gasteiger partial charge in [-0.2, -0.15) is 0 Å². The predicted octanol–water partition coefficient (Wildman–Crippen LogP) is 3.09. The van der Waals surface area contributed by atoms with E-state index in [-0.39, 0.29) is 12.5 Å². The molecule has 0 radical (unpaired) electrons. The predicted molar refractivity (Wildman–Crippen MR) is 117 cm³/mol. The zero-order valence-corrected chi connectivity index (χ0v) is 17.6. The highest BCUT2D eigenvalue weighted by Gasteiger charge is 2.12. The van der Waals surface area contributed by atoms with E-state index < -0.39 is 10.0 Å². The number of nitrogens with one attached hydrogen (secondary N) is 1. The monoisotopic (exact) mass is 425 g/mol. The molecule has 0 bridgehead atoms. The Morgan fingerprint density at radius 2 is 1.57 bits per heavy atom. The van der Waals surface area contributed by atoms with Gasteiger partial charge in [0.1, 0.15) is 5.75 Å². The Balaban J connectivity index is 1.50. The first kappa shape index (κ1) is 21.3. The van der Waals surface area contributed by atoms with Crippen LogP contribution in [0.2, 0.25) is 0 Å². The maximum Gasteiger partial charge on any atom is 0.262 e. The van der Waals surface area contributed by atoms with Crippen LogP contribution in [0.1, 0.15) is 11.1 Å². The van der Waals surface area contributed by atoms with Gasteiger partial charge in [0.25, 0.3) is 5.91 Å². The molecule has 2 aromatic carbocycles. The summed E-state index contributed by atoms with van der Waals surface area (Å²) < 4.78 is 29.8. The minimum atomic E-state index is -3.32. The molecular formula is C22H23N3O4S. The van der Waals surface area contributed by atoms with Crippen LogP contribution in [0.5, 0.6) is 5.75 Å². The van der Waals surface area contributed by atoms with Crippen molar-refractivity contribution in [2.45, 2.75) is 6.42 Å². The highest BCUT2D eigenvalue weighted by molar-refractivity contribution is 7.92. The SMILES string of the molecule is CN(c1ccc(OCC(=O)Nc2ccc(Cc3ccncc3)cc2)cc1)S(C)(=O)=O. The largest absolute Gasteiger partial charge is 0.484 e. The third kappa shape index (κ3) is 6.05. The molecule has 3 rings (SSSR count). The van der Waals surface area contributed by atoms with Gasteiger partial charge >= 0.3 is 0 Å². The molecule has 0 aliphatic rings. The molecule has 3 aromatic rings. The van der Waals surface area contributed by atoms with E-state index in [1.807, 2.05) is 36.4 Å². The highest BCUT2D eigenvalue weighted by Crippen LogP contribution is 2.20. The number of ether oxygens (including phenoxy) is 1. The fourth-order valence-electron chi connectivity index (χ4n) is 2.73. The molecule has 0 aliphatic carbocycles. The molecule has 156 valence electrons. The summed E-state index contributed by atoms with van der Waals surface area (Å²) >= 11 is 0. The van der Waals surface area contributed by atoms with Gasteiger partial charge in [-0.05, 0) is 66.1 Å². The molecule has 0 fully saturated rings. The van der Waals surface area contributed by atoms with E-state index in [4.69, 9.17) is 4.74 Å². The van der Waals surface area contributed by atoms with Crippen LogP contribution in [0, 0.1) is 0 Å². The molecule has 0 unspecified atom stereocenters. The van der Waals surface area contributed by atoms with Gasteiger partial charge in [0, 0.05) is 25.1 Å². The summed E-state index contributed by atoms with van der Waals surface area (Å²) in [7, 11) is -1.85. The third-order valence-electron chi connectivity index (χ3n) is 4.46. The van der Waals surface area contributed by atoms with Crippen LogP contribution in [-0.4, -0.2) is 39.2 Å². The van der Waals surface area contributed by atoms with Gasteiger partial charge in [-0.15, -0.1) is 0 Å². The fraction of sp³-hybridized carbons (Fsp3) is 0.182. The number of carbonyl (C=O) groups excluding carboxylic acids is 1. The first-order valence-corrected chi connectivity index (χ1v) is 11.1. The lowest BCUT2D eigenvalue weighted by Gasteiger charge is -2.16. The van der Waals surface area contributed by atoms with Gasteiger partial charge in [-0.3, -0.25) is 14.1 Å². The molecule has 8 heteroatoms. The molecule has 0 saturated carbocycles. The van der Waals surface area contributed by atoms with E-state index in [9.17, 15) is 13.2 Å². The highest BCUT2D eigenvalue weighted by atomic mass is 32.2. The zero-order chi connectivity index (χ0) is 21.6. The maximum absolute atomic E-state index is 12.1. The van der Waals surface area contributed by atoms with E-state index >= 15 is 0 Å². The van der Waals surface area contributed by atoms with Crippen LogP contribution in [0.15, 0.2) is 73.1 Å². The zero-order valence-electron chi connectivity index (χ0n) is 16.8. The molecule has 1 heterocycles. The van der Waals surface area contributed by atoms with Crippen molar-refractivity contribution in [3.05, 3.63) is 84.2 Å². The second-order valence-electron chi connectivity index (χ2n) is 6.79. The lowest BCUT2D eigenvalue weighted by Crippen LogP contribution is -2.24. The molecule has 0 saturated heterocycles. The normalized spacial score (nSPS) is 11.0. The second kappa shape index (κ2) is 9.41. The Hall–Kier alpha value is -3.39. The molecular weight excluding hydrogens is 402 g/mol. The molecule has 1 amide bonds. The number of hydrogen-bond donors (Lipinski definition) is 1. The van der Waals surface area contributed by atoms with Crippen molar-refractivity contribution in [3.8, 4) is 5.75 Å². The molecule has 30 heavy (non-hydrogen) atoms. The van der Waals surface area contributed by atoms with Crippen molar-refractivity contribution in [1.82, 2.24) is 4.98 Å². The Morgan fingerprint density at radius 1 is 0.967 bits per heavy atom. The lowest BCUT2D eigenvalue weighted by atomic mass is 10.1. The number of aromatic nitrogens is 1. The number of sulfonamides is 1. The summed E-state index contributed by atoms with van der Waals surface area (Å²) in [5.74, 6) is 0.192. The maximum atomic E-state index is 12.1. The van der Waals surface area contributed by atoms with Gasteiger partial charge in [0.15, 0.2) is 6.61 Å². The lowest BCUT2D eigenvalue weighted by molar-refractivity contribution is -0.118. The Labute approximate surface area is 176 Å². The molecule has 0 atom stereocenters. The third-order valence-corrected chi connectivity index (χ3v) is 5.67. The van der Waals surface area contributed by atoms with Crippen molar-refractivity contribution in [2.75, 3.05) is 29.5 Å². The molecule has 1 N–H and O–H groups in total. The number of rotatable bonds is 8. The summed E-state index contributed by atoms with van der Waals surface area (Å²) in [5.41, 5.74) is 3.51. The van der Waals surface area contributed by atoms with Crippen LogP contribution < -0.4 is 14.4 Å². The van der Waals surface area contributed by atoms with E-state index in [0.29, 0.717) is 17.1 Å². The number of hydrogen-bond acceptors (Lipinski definition) is 5. The van der Waals surface area contributed by atoms with Gasteiger partial charge in [0.05, 0.1) is 11.9 Å². The van der Waals surface area contributed by atoms with Crippen molar-refractivity contribution < 1.29 is 17.9 Å². The van der Waals surface area contributed by atoms with Crippen LogP contribution in [-0.2, 0) is 21.2 Å². The smallest absolute Gasteiger partial charge is 0.262 e. The van der Waals surface area contributed by atoms with Crippen molar-refractivity contribution in [3.63, 3.8) is 0 Å². The number of amides is 1. The summed E-state index contributed by atoms with van der Waals surface area (Å²) in [6.07, 6.45) is 5.46. The van der Waals surface area contributed by atoms with Crippen molar-refractivity contribution in [1.29, 1.82) is 0 Å². The molecule has 7 nitrogen and oxygen atoms in total. The number of nitrogens with zero attached hydrogens (tertiary/aromatic N) is 2. The average molecular weight is 426 g/mol. The van der Waals surface area contributed by atoms with Gasteiger partial charge in [0.2, 0.25) is 10.0 Å². The van der Waals surface area contributed by atoms with E-state index in [1.54, 1.807) is 36.7 Å². The van der Waals surface area contributed by atoms with Crippen LogP contribution >= 0.6 is 0 Å². The average Bonchev–Trinajstić information content (AvgIpc) is 2.74. The Morgan fingerprint density at radius 3 is 2.17 bits per heavy atom. The molecule has 0 aliphatic heterocycles. The number of carbonyl (C=O) groups is 1. The van der Waals surface area contributed by atoms with Crippen LogP contribution in [0.25, 0.3) is 0 Å². The number of anilines is 2. The Kier molecular flexibility index (Phi) is 6.68. The van der Waals surface area contributed by atoms with E-state index in [1.165, 1.54) is 16.9 Å². The first-order valence-electron chi connectivity index (χ1n) is 9.26.